The van der Waals surface area contributed by atoms with Crippen LogP contribution in [0, 0.1) is 12.9 Å². The Morgan fingerprint density at radius 3 is 2.84 bits per heavy atom. The zero-order valence-electron chi connectivity index (χ0n) is 9.71. The molecule has 0 aliphatic carbocycles. The van der Waals surface area contributed by atoms with E-state index >= 15 is 0 Å². The molecule has 8 heteroatoms. The van der Waals surface area contributed by atoms with E-state index in [-0.39, 0.29) is 5.78 Å². The summed E-state index contributed by atoms with van der Waals surface area (Å²) in [6, 6.07) is 5.83. The van der Waals surface area contributed by atoms with Crippen LogP contribution in [0.15, 0.2) is 29.1 Å². The van der Waals surface area contributed by atoms with Crippen LogP contribution in [0.2, 0.25) is 5.02 Å². The lowest BCUT2D eigenvalue weighted by atomic mass is 10.2. The fourth-order valence-electron chi connectivity index (χ4n) is 1.80. The molecule has 3 rings (SSSR count). The van der Waals surface area contributed by atoms with Gasteiger partial charge in [0.2, 0.25) is 5.95 Å². The summed E-state index contributed by atoms with van der Waals surface area (Å²) in [5, 5.41) is 11.1. The summed E-state index contributed by atoms with van der Waals surface area (Å²) in [7, 11) is 0. The maximum Gasteiger partial charge on any atom is 0.264 e. The molecule has 6 nitrogen and oxygen atoms in total. The molecule has 0 saturated heterocycles. The summed E-state index contributed by atoms with van der Waals surface area (Å²) in [4.78, 5) is 11.9. The molecule has 2 aromatic heterocycles. The van der Waals surface area contributed by atoms with Crippen molar-refractivity contribution in [2.24, 2.45) is 0 Å². The average Bonchev–Trinajstić information content (AvgIpc) is 2.83. The topological polar surface area (TPSA) is 65.1 Å². The molecule has 0 unspecified atom stereocenters. The Morgan fingerprint density at radius 2 is 2.11 bits per heavy atom. The van der Waals surface area contributed by atoms with Crippen LogP contribution in [0.5, 0.6) is 0 Å². The zero-order chi connectivity index (χ0) is 13.6. The lowest BCUT2D eigenvalue weighted by Crippen LogP contribution is -2.22. The van der Waals surface area contributed by atoms with Crippen molar-refractivity contribution in [3.05, 3.63) is 51.2 Å². The van der Waals surface area contributed by atoms with E-state index in [2.05, 4.69) is 15.5 Å². The zero-order valence-corrected chi connectivity index (χ0v) is 10.5. The average molecular weight is 280 g/mol. The van der Waals surface area contributed by atoms with Gasteiger partial charge >= 0.3 is 0 Å². The molecule has 2 heterocycles. The highest BCUT2D eigenvalue weighted by Gasteiger charge is 2.13. The number of nitrogens with zero attached hydrogens (tertiary/aromatic N) is 5. The van der Waals surface area contributed by atoms with Gasteiger partial charge in [0.1, 0.15) is 0 Å². The van der Waals surface area contributed by atoms with E-state index in [1.54, 1.807) is 25.1 Å². The van der Waals surface area contributed by atoms with Gasteiger partial charge in [-0.05, 0) is 41.1 Å². The third kappa shape index (κ3) is 1.78. The lowest BCUT2D eigenvalue weighted by Gasteiger charge is -2.08. The van der Waals surface area contributed by atoms with E-state index in [0.29, 0.717) is 10.7 Å². The Bertz CT molecular complexity index is 841. The van der Waals surface area contributed by atoms with Gasteiger partial charge in [0.05, 0.1) is 11.8 Å². The van der Waals surface area contributed by atoms with Crippen LogP contribution in [0.3, 0.4) is 0 Å². The summed E-state index contributed by atoms with van der Waals surface area (Å²) in [5.41, 5.74) is 0.759. The van der Waals surface area contributed by atoms with Gasteiger partial charge in [0.15, 0.2) is 0 Å². The van der Waals surface area contributed by atoms with Crippen LogP contribution in [-0.4, -0.2) is 24.6 Å². The molecular formula is C11H7ClFN5O. The maximum atomic E-state index is 13.5. The minimum atomic E-state index is -0.813. The Morgan fingerprint density at radius 1 is 1.32 bits per heavy atom. The first-order valence-corrected chi connectivity index (χ1v) is 5.72. The number of fused-ring (bicyclic) bond motifs is 1. The van der Waals surface area contributed by atoms with Crippen molar-refractivity contribution in [2.45, 2.75) is 6.92 Å². The Kier molecular flexibility index (Phi) is 2.56. The Balaban J connectivity index is 2.39. The Labute approximate surface area is 111 Å². The molecule has 0 atom stereocenters. The minimum Gasteiger partial charge on any atom is -0.269 e. The molecule has 0 saturated carbocycles. The van der Waals surface area contributed by atoms with Gasteiger partial charge in [-0.2, -0.15) is 4.39 Å². The van der Waals surface area contributed by atoms with Crippen LogP contribution in [0.25, 0.3) is 11.5 Å². The fourth-order valence-corrected chi connectivity index (χ4v) is 1.91. The van der Waals surface area contributed by atoms with Crippen LogP contribution >= 0.6 is 11.6 Å². The molecule has 96 valence electrons. The molecular weight excluding hydrogens is 273 g/mol. The second kappa shape index (κ2) is 4.13. The van der Waals surface area contributed by atoms with E-state index in [1.165, 1.54) is 4.57 Å². The molecule has 0 aliphatic rings. The molecule has 0 N–H and O–H groups in total. The number of aryl methyl sites for hydroxylation is 1. The highest BCUT2D eigenvalue weighted by atomic mass is 35.5. The first-order valence-electron chi connectivity index (χ1n) is 5.34. The fraction of sp³-hybridized carbons (Fsp3) is 0.0909. The second-order valence-corrected chi connectivity index (χ2v) is 4.37. The van der Waals surface area contributed by atoms with Crippen molar-refractivity contribution in [1.29, 1.82) is 0 Å². The highest BCUT2D eigenvalue weighted by Crippen LogP contribution is 2.18. The summed E-state index contributed by atoms with van der Waals surface area (Å²) >= 11 is 5.94. The number of aromatic nitrogens is 5. The molecule has 0 radical (unpaired) electrons. The SMILES string of the molecule is Cc1cc(-n2c(=O)cc(F)n3nnnc23)ccc1Cl. The van der Waals surface area contributed by atoms with E-state index in [4.69, 9.17) is 11.6 Å². The normalized spacial score (nSPS) is 11.1. The molecule has 0 fully saturated rings. The number of tetrazole rings is 1. The monoisotopic (exact) mass is 279 g/mol. The standard InChI is InChI=1S/C11H7ClFN5O/c1-6-4-7(2-3-8(6)12)17-10(19)5-9(13)18-11(17)14-15-16-18/h2-5H,1H3. The minimum absolute atomic E-state index is 0.00622. The number of benzene rings is 1. The summed E-state index contributed by atoms with van der Waals surface area (Å²) in [6.07, 6.45) is 0. The predicted molar refractivity (Wildman–Crippen MR) is 66.1 cm³/mol. The molecule has 0 amide bonds. The lowest BCUT2D eigenvalue weighted by molar-refractivity contribution is 0.527. The smallest absolute Gasteiger partial charge is 0.264 e. The summed E-state index contributed by atoms with van der Waals surface area (Å²) < 4.78 is 15.6. The largest absolute Gasteiger partial charge is 0.269 e. The third-order valence-corrected chi connectivity index (χ3v) is 3.14. The number of halogens is 2. The van der Waals surface area contributed by atoms with Crippen LogP contribution < -0.4 is 5.56 Å². The van der Waals surface area contributed by atoms with Crippen molar-refractivity contribution in [1.82, 2.24) is 24.6 Å². The van der Waals surface area contributed by atoms with Gasteiger partial charge in [-0.25, -0.2) is 4.57 Å². The highest BCUT2D eigenvalue weighted by molar-refractivity contribution is 6.31. The molecule has 0 spiro atoms. The maximum absolute atomic E-state index is 13.5. The van der Waals surface area contributed by atoms with Gasteiger partial charge in [-0.1, -0.05) is 16.7 Å². The molecule has 0 bridgehead atoms. The third-order valence-electron chi connectivity index (χ3n) is 2.72. The van der Waals surface area contributed by atoms with Gasteiger partial charge in [0, 0.05) is 5.02 Å². The molecule has 1 aromatic carbocycles. The first kappa shape index (κ1) is 11.8. The number of hydrogen-bond acceptors (Lipinski definition) is 4. The van der Waals surface area contributed by atoms with Crippen molar-refractivity contribution >= 4 is 17.4 Å². The quantitative estimate of drug-likeness (QED) is 0.631. The van der Waals surface area contributed by atoms with Crippen LogP contribution in [-0.2, 0) is 0 Å². The van der Waals surface area contributed by atoms with Crippen LogP contribution in [0.4, 0.5) is 4.39 Å². The summed E-state index contributed by atoms with van der Waals surface area (Å²) in [6.45, 7) is 1.81. The van der Waals surface area contributed by atoms with Crippen molar-refractivity contribution in [3.63, 3.8) is 0 Å². The van der Waals surface area contributed by atoms with E-state index < -0.39 is 11.5 Å². The van der Waals surface area contributed by atoms with Gasteiger partial charge in [-0.3, -0.25) is 4.79 Å². The van der Waals surface area contributed by atoms with Gasteiger partial charge < -0.3 is 0 Å². The molecule has 3 aromatic rings. The molecule has 19 heavy (non-hydrogen) atoms. The number of hydrogen-bond donors (Lipinski definition) is 0. The van der Waals surface area contributed by atoms with E-state index in [0.717, 1.165) is 16.1 Å². The number of rotatable bonds is 1. The van der Waals surface area contributed by atoms with E-state index in [9.17, 15) is 9.18 Å². The van der Waals surface area contributed by atoms with Gasteiger partial charge in [-0.15, -0.1) is 4.52 Å². The van der Waals surface area contributed by atoms with Crippen molar-refractivity contribution < 1.29 is 4.39 Å². The predicted octanol–water partition coefficient (Wildman–Crippen LogP) is 1.38. The van der Waals surface area contributed by atoms with Crippen LogP contribution in [0.1, 0.15) is 5.56 Å². The van der Waals surface area contributed by atoms with Crippen molar-refractivity contribution in [2.75, 3.05) is 0 Å². The Hall–Kier alpha value is -2.28. The van der Waals surface area contributed by atoms with E-state index in [1.807, 2.05) is 0 Å². The second-order valence-electron chi connectivity index (χ2n) is 3.96. The van der Waals surface area contributed by atoms with Crippen molar-refractivity contribution in [3.8, 4) is 5.69 Å². The molecule has 0 aliphatic heterocycles. The summed E-state index contributed by atoms with van der Waals surface area (Å²) in [5.74, 6) is -0.807. The first-order chi connectivity index (χ1) is 9.08. The van der Waals surface area contributed by atoms with Gasteiger partial charge in [0.25, 0.3) is 11.3 Å².